The van der Waals surface area contributed by atoms with E-state index in [4.69, 9.17) is 19.2 Å². The SMILES string of the molecule is COc1ccc(C2=NCC(=O)N(CC(=O)OC3CCCCC3)c3sc4c(c32)CCCC4)cc1OC. The summed E-state index contributed by atoms with van der Waals surface area (Å²) in [5.74, 6) is 0.737. The molecule has 1 saturated carbocycles. The topological polar surface area (TPSA) is 77.4 Å². The van der Waals surface area contributed by atoms with Crippen molar-refractivity contribution in [1.82, 2.24) is 0 Å². The zero-order valence-electron chi connectivity index (χ0n) is 20.4. The summed E-state index contributed by atoms with van der Waals surface area (Å²) in [6.07, 6.45) is 9.32. The highest BCUT2D eigenvalue weighted by molar-refractivity contribution is 7.17. The maximum absolute atomic E-state index is 13.3. The van der Waals surface area contributed by atoms with Gasteiger partial charge in [0.05, 0.1) is 19.9 Å². The number of amides is 1. The number of benzene rings is 1. The molecule has 0 unspecified atom stereocenters. The highest BCUT2D eigenvalue weighted by Crippen LogP contribution is 2.43. The van der Waals surface area contributed by atoms with Crippen LogP contribution < -0.4 is 14.4 Å². The smallest absolute Gasteiger partial charge is 0.326 e. The number of ether oxygens (including phenoxy) is 3. The van der Waals surface area contributed by atoms with Crippen LogP contribution in [0.2, 0.25) is 0 Å². The Morgan fingerprint density at radius 3 is 2.60 bits per heavy atom. The maximum atomic E-state index is 13.3. The normalized spacial score (nSPS) is 18.3. The number of esters is 1. The Morgan fingerprint density at radius 2 is 1.83 bits per heavy atom. The number of aliphatic imine (C=N–C) groups is 1. The van der Waals surface area contributed by atoms with E-state index in [0.717, 1.165) is 73.2 Å². The third-order valence-corrected chi connectivity index (χ3v) is 8.42. The summed E-state index contributed by atoms with van der Waals surface area (Å²) in [5.41, 5.74) is 3.88. The van der Waals surface area contributed by atoms with Gasteiger partial charge in [-0.3, -0.25) is 19.5 Å². The molecule has 8 heteroatoms. The van der Waals surface area contributed by atoms with E-state index in [1.807, 2.05) is 18.2 Å². The molecule has 1 aliphatic heterocycles. The van der Waals surface area contributed by atoms with Gasteiger partial charge in [0.1, 0.15) is 24.2 Å². The molecule has 0 saturated heterocycles. The van der Waals surface area contributed by atoms with Crippen molar-refractivity contribution < 1.29 is 23.8 Å². The van der Waals surface area contributed by atoms with Crippen LogP contribution in [0.1, 0.15) is 66.5 Å². The molecule has 0 spiro atoms. The largest absolute Gasteiger partial charge is 0.493 e. The number of hydrogen-bond donors (Lipinski definition) is 0. The van der Waals surface area contributed by atoms with Crippen LogP contribution in [0.4, 0.5) is 5.00 Å². The molecule has 0 radical (unpaired) electrons. The van der Waals surface area contributed by atoms with Crippen LogP contribution in [0.25, 0.3) is 0 Å². The molecule has 2 aromatic rings. The van der Waals surface area contributed by atoms with E-state index in [1.54, 1.807) is 30.5 Å². The van der Waals surface area contributed by atoms with E-state index < -0.39 is 0 Å². The summed E-state index contributed by atoms with van der Waals surface area (Å²) in [6.45, 7) is -0.0903. The Kier molecular flexibility index (Phi) is 7.09. The van der Waals surface area contributed by atoms with Gasteiger partial charge in [0, 0.05) is 16.0 Å². The number of fused-ring (bicyclic) bond motifs is 3. The second kappa shape index (κ2) is 10.4. The first-order valence-electron chi connectivity index (χ1n) is 12.5. The average molecular weight is 497 g/mol. The van der Waals surface area contributed by atoms with Crippen LogP contribution in [0.15, 0.2) is 23.2 Å². The molecule has 1 amide bonds. The number of carbonyl (C=O) groups is 2. The van der Waals surface area contributed by atoms with Crippen LogP contribution in [-0.2, 0) is 27.2 Å². The molecule has 0 bridgehead atoms. The van der Waals surface area contributed by atoms with Gasteiger partial charge in [-0.15, -0.1) is 11.3 Å². The first kappa shape index (κ1) is 23.9. The third-order valence-electron chi connectivity index (χ3n) is 7.10. The summed E-state index contributed by atoms with van der Waals surface area (Å²) in [6, 6.07) is 5.72. The fourth-order valence-corrected chi connectivity index (χ4v) is 6.73. The summed E-state index contributed by atoms with van der Waals surface area (Å²) >= 11 is 1.63. The molecule has 186 valence electrons. The van der Waals surface area contributed by atoms with Crippen LogP contribution in [-0.4, -0.2) is 51.0 Å². The van der Waals surface area contributed by atoms with E-state index in [0.29, 0.717) is 11.5 Å². The minimum Gasteiger partial charge on any atom is -0.493 e. The summed E-state index contributed by atoms with van der Waals surface area (Å²) in [5, 5.41) is 0.813. The van der Waals surface area contributed by atoms with Gasteiger partial charge in [0.2, 0.25) is 5.91 Å². The zero-order chi connectivity index (χ0) is 24.4. The Morgan fingerprint density at radius 1 is 1.06 bits per heavy atom. The molecule has 5 rings (SSSR count). The van der Waals surface area contributed by atoms with E-state index in [1.165, 1.54) is 16.9 Å². The van der Waals surface area contributed by atoms with Gasteiger partial charge in [-0.25, -0.2) is 0 Å². The predicted molar refractivity (Wildman–Crippen MR) is 136 cm³/mol. The molecular formula is C27H32N2O5S. The Balaban J connectivity index is 1.52. The lowest BCUT2D eigenvalue weighted by molar-refractivity contribution is -0.149. The number of nitrogens with zero attached hydrogens (tertiary/aromatic N) is 2. The van der Waals surface area contributed by atoms with Gasteiger partial charge in [0.15, 0.2) is 11.5 Å². The quantitative estimate of drug-likeness (QED) is 0.542. The van der Waals surface area contributed by atoms with Gasteiger partial charge in [0.25, 0.3) is 0 Å². The van der Waals surface area contributed by atoms with Crippen LogP contribution in [0.3, 0.4) is 0 Å². The van der Waals surface area contributed by atoms with E-state index in [9.17, 15) is 9.59 Å². The van der Waals surface area contributed by atoms with Crippen molar-refractivity contribution in [1.29, 1.82) is 0 Å². The minimum atomic E-state index is -0.336. The molecule has 7 nitrogen and oxygen atoms in total. The number of rotatable bonds is 6. The number of hydrogen-bond acceptors (Lipinski definition) is 7. The molecule has 35 heavy (non-hydrogen) atoms. The van der Waals surface area contributed by atoms with E-state index >= 15 is 0 Å². The number of methoxy groups -OCH3 is 2. The first-order chi connectivity index (χ1) is 17.1. The highest BCUT2D eigenvalue weighted by Gasteiger charge is 2.34. The third kappa shape index (κ3) is 4.81. The Labute approximate surface area is 210 Å². The second-order valence-electron chi connectivity index (χ2n) is 9.36. The summed E-state index contributed by atoms with van der Waals surface area (Å²) < 4.78 is 16.7. The van der Waals surface area contributed by atoms with Crippen molar-refractivity contribution in [3.63, 3.8) is 0 Å². The van der Waals surface area contributed by atoms with E-state index in [-0.39, 0.29) is 31.1 Å². The van der Waals surface area contributed by atoms with Gasteiger partial charge in [-0.05, 0) is 75.1 Å². The fourth-order valence-electron chi connectivity index (χ4n) is 5.32. The second-order valence-corrected chi connectivity index (χ2v) is 10.4. The molecule has 1 aromatic carbocycles. The van der Waals surface area contributed by atoms with Crippen molar-refractivity contribution in [2.24, 2.45) is 4.99 Å². The average Bonchev–Trinajstić information content (AvgIpc) is 3.20. The first-order valence-corrected chi connectivity index (χ1v) is 13.3. The maximum Gasteiger partial charge on any atom is 0.326 e. The standard InChI is InChI=1S/C27H32N2O5S/c1-32-20-13-12-17(14-21(20)33-2)26-25-19-10-6-7-11-22(19)35-27(25)29(23(30)15-28-26)16-24(31)34-18-8-4-3-5-9-18/h12-14,18H,3-11,15-16H2,1-2H3. The number of thiophene rings is 1. The van der Waals surface area contributed by atoms with Gasteiger partial charge >= 0.3 is 5.97 Å². The van der Waals surface area contributed by atoms with Crippen LogP contribution >= 0.6 is 11.3 Å². The number of anilines is 1. The lowest BCUT2D eigenvalue weighted by Crippen LogP contribution is -2.38. The summed E-state index contributed by atoms with van der Waals surface area (Å²) in [4.78, 5) is 33.9. The molecule has 0 N–H and O–H groups in total. The van der Waals surface area contributed by atoms with Gasteiger partial charge < -0.3 is 14.2 Å². The number of aryl methyl sites for hydroxylation is 1. The zero-order valence-corrected chi connectivity index (χ0v) is 21.2. The highest BCUT2D eigenvalue weighted by atomic mass is 32.1. The molecule has 1 fully saturated rings. The van der Waals surface area contributed by atoms with Gasteiger partial charge in [-0.2, -0.15) is 0 Å². The molecule has 2 aliphatic carbocycles. The molecule has 2 heterocycles. The van der Waals surface area contributed by atoms with Crippen molar-refractivity contribution in [3.8, 4) is 11.5 Å². The van der Waals surface area contributed by atoms with Crippen molar-refractivity contribution in [2.75, 3.05) is 32.2 Å². The molecule has 3 aliphatic rings. The van der Waals surface area contributed by atoms with Crippen molar-refractivity contribution in [2.45, 2.75) is 63.9 Å². The fraction of sp³-hybridized carbons (Fsp3) is 0.519. The molecular weight excluding hydrogens is 464 g/mol. The molecule has 0 atom stereocenters. The Hall–Kier alpha value is -2.87. The van der Waals surface area contributed by atoms with E-state index in [2.05, 4.69) is 0 Å². The van der Waals surface area contributed by atoms with Crippen LogP contribution in [0.5, 0.6) is 11.5 Å². The number of carbonyl (C=O) groups excluding carboxylic acids is 2. The van der Waals surface area contributed by atoms with Crippen LogP contribution in [0, 0.1) is 0 Å². The lowest BCUT2D eigenvalue weighted by Gasteiger charge is -2.24. The van der Waals surface area contributed by atoms with Crippen molar-refractivity contribution in [3.05, 3.63) is 39.8 Å². The van der Waals surface area contributed by atoms with Crippen molar-refractivity contribution >= 4 is 33.9 Å². The van der Waals surface area contributed by atoms with Gasteiger partial charge in [-0.1, -0.05) is 6.42 Å². The summed E-state index contributed by atoms with van der Waals surface area (Å²) in [7, 11) is 3.22. The lowest BCUT2D eigenvalue weighted by atomic mass is 9.91. The monoisotopic (exact) mass is 496 g/mol. The minimum absolute atomic E-state index is 0.0173. The Bertz CT molecular complexity index is 1150. The predicted octanol–water partition coefficient (Wildman–Crippen LogP) is 4.70. The molecule has 1 aromatic heterocycles.